The number of hydrogen-bond donors (Lipinski definition) is 2. The van der Waals surface area contributed by atoms with Gasteiger partial charge in [-0.15, -0.1) is 0 Å². The van der Waals surface area contributed by atoms with E-state index >= 15 is 0 Å². The summed E-state index contributed by atoms with van der Waals surface area (Å²) in [6.45, 7) is 0.213. The fourth-order valence-electron chi connectivity index (χ4n) is 2.08. The summed E-state index contributed by atoms with van der Waals surface area (Å²) in [5, 5.41) is 22.4. The van der Waals surface area contributed by atoms with E-state index in [0.717, 1.165) is 0 Å². The van der Waals surface area contributed by atoms with Gasteiger partial charge in [0, 0.05) is 25.7 Å². The van der Waals surface area contributed by atoms with Gasteiger partial charge in [-0.3, -0.25) is 14.9 Å². The Bertz CT molecular complexity index is 648. The fourth-order valence-corrected chi connectivity index (χ4v) is 2.08. The zero-order chi connectivity index (χ0) is 19.0. The summed E-state index contributed by atoms with van der Waals surface area (Å²) in [4.78, 5) is 34.2. The Labute approximate surface area is 144 Å². The van der Waals surface area contributed by atoms with Gasteiger partial charge in [0.15, 0.2) is 11.5 Å². The number of nitrogens with one attached hydrogen (secondary N) is 1. The molecule has 25 heavy (non-hydrogen) atoms. The van der Waals surface area contributed by atoms with E-state index in [0.29, 0.717) is 11.3 Å². The molecule has 10 heteroatoms. The molecule has 1 aromatic carbocycles. The van der Waals surface area contributed by atoms with Gasteiger partial charge in [-0.05, 0) is 12.5 Å². The maximum Gasteiger partial charge on any atom is 0.317 e. The lowest BCUT2D eigenvalue weighted by Crippen LogP contribution is -2.39. The van der Waals surface area contributed by atoms with Crippen molar-refractivity contribution in [2.24, 2.45) is 0 Å². The Morgan fingerprint density at radius 2 is 1.88 bits per heavy atom. The number of amides is 2. The maximum atomic E-state index is 11.8. The molecule has 138 valence electrons. The summed E-state index contributed by atoms with van der Waals surface area (Å²) in [6.07, 6.45) is 0.0419. The van der Waals surface area contributed by atoms with Crippen molar-refractivity contribution < 1.29 is 29.1 Å². The van der Waals surface area contributed by atoms with Gasteiger partial charge in [0.1, 0.15) is 0 Å². The molecule has 0 saturated heterocycles. The first-order valence-corrected chi connectivity index (χ1v) is 7.40. The molecule has 0 aliphatic heterocycles. The van der Waals surface area contributed by atoms with Gasteiger partial charge in [-0.1, -0.05) is 0 Å². The fraction of sp³-hybridized carbons (Fsp3) is 0.467. The summed E-state index contributed by atoms with van der Waals surface area (Å²) in [6, 6.07) is 2.32. The molecule has 0 fully saturated rings. The minimum atomic E-state index is -0.999. The molecule has 1 aromatic rings. The monoisotopic (exact) mass is 355 g/mol. The predicted molar refractivity (Wildman–Crippen MR) is 88.2 cm³/mol. The number of nitro groups is 1. The summed E-state index contributed by atoms with van der Waals surface area (Å²) >= 11 is 0. The number of hydrogen-bond acceptors (Lipinski definition) is 6. The molecule has 0 radical (unpaired) electrons. The molecule has 0 atom stereocenters. The van der Waals surface area contributed by atoms with Crippen molar-refractivity contribution in [3.63, 3.8) is 0 Å². The van der Waals surface area contributed by atoms with E-state index in [4.69, 9.17) is 14.6 Å². The molecule has 2 N–H and O–H groups in total. The van der Waals surface area contributed by atoms with Crippen LogP contribution < -0.4 is 14.8 Å². The number of benzene rings is 1. The van der Waals surface area contributed by atoms with Gasteiger partial charge >= 0.3 is 12.0 Å². The van der Waals surface area contributed by atoms with Crippen LogP contribution >= 0.6 is 0 Å². The minimum Gasteiger partial charge on any atom is -0.493 e. The largest absolute Gasteiger partial charge is 0.493 e. The molecule has 0 aliphatic carbocycles. The van der Waals surface area contributed by atoms with E-state index in [9.17, 15) is 19.7 Å². The average molecular weight is 355 g/mol. The van der Waals surface area contributed by atoms with Crippen LogP contribution in [-0.4, -0.2) is 61.3 Å². The van der Waals surface area contributed by atoms with Gasteiger partial charge in [-0.25, -0.2) is 4.79 Å². The summed E-state index contributed by atoms with van der Waals surface area (Å²) in [5.74, 6) is -0.399. The number of carbonyl (C=O) groups is 2. The molecule has 10 nitrogen and oxygen atoms in total. The maximum absolute atomic E-state index is 11.8. The third-order valence-electron chi connectivity index (χ3n) is 3.46. The third-order valence-corrected chi connectivity index (χ3v) is 3.46. The van der Waals surface area contributed by atoms with Crippen molar-refractivity contribution in [3.8, 4) is 11.5 Å². The topological polar surface area (TPSA) is 131 Å². The number of nitro benzene ring substituents is 1. The number of carbonyl (C=O) groups excluding carboxylic acids is 1. The van der Waals surface area contributed by atoms with Crippen LogP contribution in [0.5, 0.6) is 11.5 Å². The number of carboxylic acid groups (broad SMARTS) is 1. The van der Waals surface area contributed by atoms with Crippen molar-refractivity contribution >= 4 is 17.7 Å². The molecule has 0 unspecified atom stereocenters. The minimum absolute atomic E-state index is 0.0671. The highest BCUT2D eigenvalue weighted by molar-refractivity contribution is 5.75. The lowest BCUT2D eigenvalue weighted by atomic mass is 10.1. The van der Waals surface area contributed by atoms with Crippen LogP contribution in [0.25, 0.3) is 0 Å². The third kappa shape index (κ3) is 5.83. The van der Waals surface area contributed by atoms with Crippen molar-refractivity contribution in [1.29, 1.82) is 0 Å². The Hall–Kier alpha value is -3.04. The Balaban J connectivity index is 2.74. The quantitative estimate of drug-likeness (QED) is 0.503. The molecule has 0 aliphatic rings. The van der Waals surface area contributed by atoms with Crippen LogP contribution in [0.2, 0.25) is 0 Å². The number of nitrogens with zero attached hydrogens (tertiary/aromatic N) is 2. The van der Waals surface area contributed by atoms with E-state index in [-0.39, 0.29) is 37.4 Å². The molecule has 0 bridgehead atoms. The van der Waals surface area contributed by atoms with Gasteiger partial charge in [0.25, 0.3) is 5.69 Å². The first kappa shape index (κ1) is 20.0. The molecule has 2 amide bonds. The van der Waals surface area contributed by atoms with E-state index in [2.05, 4.69) is 5.32 Å². The van der Waals surface area contributed by atoms with Crippen molar-refractivity contribution in [2.45, 2.75) is 12.8 Å². The average Bonchev–Trinajstić information content (AvgIpc) is 2.58. The van der Waals surface area contributed by atoms with Crippen LogP contribution in [0.4, 0.5) is 10.5 Å². The Morgan fingerprint density at radius 3 is 2.40 bits per heavy atom. The van der Waals surface area contributed by atoms with E-state index in [1.54, 1.807) is 0 Å². The van der Waals surface area contributed by atoms with Crippen molar-refractivity contribution in [1.82, 2.24) is 10.2 Å². The number of carboxylic acids is 1. The molecule has 0 aromatic heterocycles. The van der Waals surface area contributed by atoms with Crippen molar-refractivity contribution in [3.05, 3.63) is 27.8 Å². The van der Waals surface area contributed by atoms with Gasteiger partial charge in [0.05, 0.1) is 31.6 Å². The lowest BCUT2D eigenvalue weighted by Gasteiger charge is -2.17. The molecular formula is C15H21N3O7. The molecular weight excluding hydrogens is 334 g/mol. The number of aliphatic carboxylic acids is 1. The predicted octanol–water partition coefficient (Wildman–Crippen LogP) is 1.27. The number of rotatable bonds is 9. The molecule has 0 heterocycles. The van der Waals surface area contributed by atoms with Crippen LogP contribution in [0.3, 0.4) is 0 Å². The summed E-state index contributed by atoms with van der Waals surface area (Å²) in [7, 11) is 4.28. The zero-order valence-corrected chi connectivity index (χ0v) is 14.3. The highest BCUT2D eigenvalue weighted by Gasteiger charge is 2.19. The summed E-state index contributed by atoms with van der Waals surface area (Å²) < 4.78 is 10.2. The molecule has 0 saturated carbocycles. The van der Waals surface area contributed by atoms with Crippen molar-refractivity contribution in [2.75, 3.05) is 34.4 Å². The van der Waals surface area contributed by atoms with Gasteiger partial charge in [-0.2, -0.15) is 0 Å². The first-order chi connectivity index (χ1) is 11.8. The second-order valence-electron chi connectivity index (χ2n) is 5.14. The Morgan fingerprint density at radius 1 is 1.28 bits per heavy atom. The number of methoxy groups -OCH3 is 2. The van der Waals surface area contributed by atoms with Gasteiger partial charge in [0.2, 0.25) is 0 Å². The number of ether oxygens (including phenoxy) is 2. The Kier molecular flexibility index (Phi) is 7.44. The SMILES string of the molecule is COc1cc(CCNC(=O)N(C)CCC(=O)O)c([N+](=O)[O-])cc1OC. The molecule has 1 rings (SSSR count). The second-order valence-corrected chi connectivity index (χ2v) is 5.14. The lowest BCUT2D eigenvalue weighted by molar-refractivity contribution is -0.385. The summed E-state index contributed by atoms with van der Waals surface area (Å²) in [5.41, 5.74) is 0.252. The standard InChI is InChI=1S/C15H21N3O7/c1-17(7-5-14(19)20)15(21)16-6-4-10-8-12(24-2)13(25-3)9-11(10)18(22)23/h8-9H,4-7H2,1-3H3,(H,16,21)(H,19,20). The highest BCUT2D eigenvalue weighted by atomic mass is 16.6. The van der Waals surface area contributed by atoms with Crippen LogP contribution in [0.1, 0.15) is 12.0 Å². The smallest absolute Gasteiger partial charge is 0.317 e. The van der Waals surface area contributed by atoms with Crippen LogP contribution in [0.15, 0.2) is 12.1 Å². The van der Waals surface area contributed by atoms with E-state index in [1.807, 2.05) is 0 Å². The second kappa shape index (κ2) is 9.30. The van der Waals surface area contributed by atoms with Crippen LogP contribution in [-0.2, 0) is 11.2 Å². The normalized spacial score (nSPS) is 10.0. The van der Waals surface area contributed by atoms with Gasteiger partial charge < -0.3 is 24.8 Å². The number of urea groups is 1. The molecule has 0 spiro atoms. The first-order valence-electron chi connectivity index (χ1n) is 7.40. The van der Waals surface area contributed by atoms with E-state index in [1.165, 1.54) is 38.3 Å². The van der Waals surface area contributed by atoms with E-state index < -0.39 is 16.9 Å². The van der Waals surface area contributed by atoms with Crippen LogP contribution in [0, 0.1) is 10.1 Å². The zero-order valence-electron chi connectivity index (χ0n) is 14.3. The highest BCUT2D eigenvalue weighted by Crippen LogP contribution is 2.34.